The van der Waals surface area contributed by atoms with Crippen LogP contribution in [0, 0.1) is 0 Å². The maximum absolute atomic E-state index is 11.7. The first-order chi connectivity index (χ1) is 8.51. The van der Waals surface area contributed by atoms with Gasteiger partial charge in [0.2, 0.25) is 14.2 Å². The van der Waals surface area contributed by atoms with Gasteiger partial charge >= 0.3 is 0 Å². The molecule has 0 unspecified atom stereocenters. The van der Waals surface area contributed by atoms with Crippen molar-refractivity contribution in [3.63, 3.8) is 0 Å². The zero-order chi connectivity index (χ0) is 13.6. The third kappa shape index (κ3) is 3.92. The number of aromatic nitrogens is 1. The standard InChI is InChI=1S/C11H16N2O3S2/c1-3-5-6-7-12-10(14)9-8-13-11(17-9)18(15,16)4-2/h3,8H,1,4-7H2,2H3,(H,12,14). The van der Waals surface area contributed by atoms with Crippen LogP contribution in [0.2, 0.25) is 0 Å². The Morgan fingerprint density at radius 1 is 1.61 bits per heavy atom. The molecule has 7 heteroatoms. The summed E-state index contributed by atoms with van der Waals surface area (Å²) in [4.78, 5) is 15.8. The van der Waals surface area contributed by atoms with Gasteiger partial charge in [0.15, 0.2) is 0 Å². The van der Waals surface area contributed by atoms with E-state index < -0.39 is 9.84 Å². The third-order valence-corrected chi connectivity index (χ3v) is 5.43. The van der Waals surface area contributed by atoms with Crippen LogP contribution in [0.5, 0.6) is 0 Å². The SMILES string of the molecule is C=CCCCNC(=O)c1cnc(S(=O)(=O)CC)s1. The van der Waals surface area contributed by atoms with Crippen LogP contribution in [0.4, 0.5) is 0 Å². The Bertz CT molecular complexity index is 520. The zero-order valence-electron chi connectivity index (χ0n) is 10.2. The number of amides is 1. The number of unbranched alkanes of at least 4 members (excludes halogenated alkanes) is 1. The van der Waals surface area contributed by atoms with Crippen molar-refractivity contribution in [1.82, 2.24) is 10.3 Å². The van der Waals surface area contributed by atoms with Gasteiger partial charge in [-0.2, -0.15) is 0 Å². The molecule has 0 aliphatic heterocycles. The number of rotatable bonds is 7. The lowest BCUT2D eigenvalue weighted by Crippen LogP contribution is -2.23. The van der Waals surface area contributed by atoms with E-state index in [0.717, 1.165) is 24.2 Å². The van der Waals surface area contributed by atoms with E-state index >= 15 is 0 Å². The molecule has 100 valence electrons. The Balaban J connectivity index is 2.63. The molecule has 0 saturated carbocycles. The van der Waals surface area contributed by atoms with Gasteiger partial charge in [-0.1, -0.05) is 24.3 Å². The number of hydrogen-bond donors (Lipinski definition) is 1. The summed E-state index contributed by atoms with van der Waals surface area (Å²) in [5, 5.41) is 2.71. The molecule has 0 aliphatic carbocycles. The fraction of sp³-hybridized carbons (Fsp3) is 0.455. The summed E-state index contributed by atoms with van der Waals surface area (Å²) in [6.07, 6.45) is 4.73. The largest absolute Gasteiger partial charge is 0.351 e. The number of thiazole rings is 1. The molecule has 18 heavy (non-hydrogen) atoms. The lowest BCUT2D eigenvalue weighted by Gasteiger charge is -2.00. The number of carbonyl (C=O) groups excluding carboxylic acids is 1. The predicted octanol–water partition coefficient (Wildman–Crippen LogP) is 1.63. The molecule has 5 nitrogen and oxygen atoms in total. The molecule has 1 aromatic heterocycles. The van der Waals surface area contributed by atoms with Gasteiger partial charge < -0.3 is 5.32 Å². The van der Waals surface area contributed by atoms with E-state index in [1.807, 2.05) is 0 Å². The lowest BCUT2D eigenvalue weighted by molar-refractivity contribution is 0.0957. The highest BCUT2D eigenvalue weighted by atomic mass is 32.2. The molecular weight excluding hydrogens is 272 g/mol. The van der Waals surface area contributed by atoms with Gasteiger partial charge in [0, 0.05) is 6.54 Å². The van der Waals surface area contributed by atoms with Crippen molar-refractivity contribution in [3.8, 4) is 0 Å². The molecule has 1 aromatic rings. The van der Waals surface area contributed by atoms with E-state index in [1.165, 1.54) is 6.20 Å². The normalized spacial score (nSPS) is 11.2. The number of hydrogen-bond acceptors (Lipinski definition) is 5. The molecule has 0 aromatic carbocycles. The molecule has 1 heterocycles. The summed E-state index contributed by atoms with van der Waals surface area (Å²) in [5.74, 6) is -0.296. The van der Waals surface area contributed by atoms with Gasteiger partial charge in [0.05, 0.1) is 11.9 Å². The first-order valence-corrected chi connectivity index (χ1v) is 8.05. The van der Waals surface area contributed by atoms with Crippen molar-refractivity contribution in [3.05, 3.63) is 23.7 Å². The highest BCUT2D eigenvalue weighted by Crippen LogP contribution is 2.19. The molecule has 1 rings (SSSR count). The van der Waals surface area contributed by atoms with Crippen molar-refractivity contribution in [2.45, 2.75) is 24.1 Å². The fourth-order valence-corrected chi connectivity index (χ4v) is 3.32. The average Bonchev–Trinajstić information content (AvgIpc) is 2.84. The van der Waals surface area contributed by atoms with Crippen LogP contribution in [0.3, 0.4) is 0 Å². The maximum atomic E-state index is 11.7. The Labute approximate surface area is 111 Å². The zero-order valence-corrected chi connectivity index (χ0v) is 11.8. The van der Waals surface area contributed by atoms with Crippen LogP contribution in [0.25, 0.3) is 0 Å². The topological polar surface area (TPSA) is 76.1 Å². The molecular formula is C11H16N2O3S2. The van der Waals surface area contributed by atoms with Crippen molar-refractivity contribution in [1.29, 1.82) is 0 Å². The summed E-state index contributed by atoms with van der Waals surface area (Å²) >= 11 is 0.905. The van der Waals surface area contributed by atoms with Gasteiger partial charge in [-0.05, 0) is 12.8 Å². The number of allylic oxidation sites excluding steroid dienone is 1. The Hall–Kier alpha value is -1.21. The quantitative estimate of drug-likeness (QED) is 0.611. The molecule has 0 atom stereocenters. The Morgan fingerprint density at radius 3 is 2.94 bits per heavy atom. The van der Waals surface area contributed by atoms with Gasteiger partial charge in [0.25, 0.3) is 5.91 Å². The molecule has 0 aliphatic rings. The minimum Gasteiger partial charge on any atom is -0.351 e. The van der Waals surface area contributed by atoms with Crippen molar-refractivity contribution >= 4 is 27.1 Å². The highest BCUT2D eigenvalue weighted by molar-refractivity contribution is 7.93. The summed E-state index contributed by atoms with van der Waals surface area (Å²) in [7, 11) is -3.33. The maximum Gasteiger partial charge on any atom is 0.263 e. The molecule has 0 bridgehead atoms. The van der Waals surface area contributed by atoms with Gasteiger partial charge in [-0.25, -0.2) is 13.4 Å². The van der Waals surface area contributed by atoms with Crippen molar-refractivity contribution in [2.75, 3.05) is 12.3 Å². The number of carbonyl (C=O) groups is 1. The summed E-state index contributed by atoms with van der Waals surface area (Å²) in [6.45, 7) is 5.68. The Kier molecular flexibility index (Phi) is 5.49. The van der Waals surface area contributed by atoms with Crippen LogP contribution in [-0.4, -0.2) is 31.6 Å². The van der Waals surface area contributed by atoms with Gasteiger partial charge in [0.1, 0.15) is 4.88 Å². The Morgan fingerprint density at radius 2 is 2.33 bits per heavy atom. The number of sulfone groups is 1. The molecule has 1 amide bonds. The van der Waals surface area contributed by atoms with E-state index in [9.17, 15) is 13.2 Å². The van der Waals surface area contributed by atoms with Crippen molar-refractivity contribution in [2.24, 2.45) is 0 Å². The minimum absolute atomic E-state index is 0.00115. The van der Waals surface area contributed by atoms with Gasteiger partial charge in [-0.3, -0.25) is 4.79 Å². The average molecular weight is 288 g/mol. The van der Waals surface area contributed by atoms with E-state index in [0.29, 0.717) is 11.4 Å². The van der Waals surface area contributed by atoms with Crippen LogP contribution in [0.1, 0.15) is 29.4 Å². The third-order valence-electron chi connectivity index (χ3n) is 2.22. The molecule has 1 N–H and O–H groups in total. The minimum atomic E-state index is -3.33. The fourth-order valence-electron chi connectivity index (χ4n) is 1.17. The lowest BCUT2D eigenvalue weighted by atomic mass is 10.3. The molecule has 0 saturated heterocycles. The number of nitrogens with one attached hydrogen (secondary N) is 1. The second-order valence-electron chi connectivity index (χ2n) is 3.58. The van der Waals surface area contributed by atoms with E-state index in [-0.39, 0.29) is 16.0 Å². The van der Waals surface area contributed by atoms with E-state index in [4.69, 9.17) is 0 Å². The van der Waals surface area contributed by atoms with E-state index in [2.05, 4.69) is 16.9 Å². The van der Waals surface area contributed by atoms with Crippen LogP contribution >= 0.6 is 11.3 Å². The monoisotopic (exact) mass is 288 g/mol. The predicted molar refractivity (Wildman–Crippen MR) is 71.6 cm³/mol. The molecule has 0 spiro atoms. The first-order valence-electron chi connectivity index (χ1n) is 5.59. The molecule has 0 fully saturated rings. The second kappa shape index (κ2) is 6.65. The van der Waals surface area contributed by atoms with Crippen LogP contribution < -0.4 is 5.32 Å². The molecule has 0 radical (unpaired) electrons. The second-order valence-corrected chi connectivity index (χ2v) is 7.06. The first kappa shape index (κ1) is 14.8. The van der Waals surface area contributed by atoms with Crippen LogP contribution in [-0.2, 0) is 9.84 Å². The summed E-state index contributed by atoms with van der Waals surface area (Å²) in [6, 6.07) is 0. The van der Waals surface area contributed by atoms with Gasteiger partial charge in [-0.15, -0.1) is 6.58 Å². The highest BCUT2D eigenvalue weighted by Gasteiger charge is 2.18. The number of nitrogens with zero attached hydrogens (tertiary/aromatic N) is 1. The smallest absolute Gasteiger partial charge is 0.263 e. The van der Waals surface area contributed by atoms with Crippen molar-refractivity contribution < 1.29 is 13.2 Å². The van der Waals surface area contributed by atoms with Crippen LogP contribution in [0.15, 0.2) is 23.2 Å². The summed E-state index contributed by atoms with van der Waals surface area (Å²) in [5.41, 5.74) is 0. The van der Waals surface area contributed by atoms with E-state index in [1.54, 1.807) is 13.0 Å². The summed E-state index contributed by atoms with van der Waals surface area (Å²) < 4.78 is 23.1.